The van der Waals surface area contributed by atoms with E-state index in [9.17, 15) is 0 Å². The Hall–Kier alpha value is -0.800. The lowest BCUT2D eigenvalue weighted by Crippen LogP contribution is -2.44. The molecular weight excluding hydrogens is 188 g/mol. The number of nitrogens with one attached hydrogen (secondary N) is 1. The molecular formula is C12H20N2O. The molecule has 1 aliphatic heterocycles. The first-order valence-electron chi connectivity index (χ1n) is 5.81. The zero-order valence-corrected chi connectivity index (χ0v) is 9.41. The molecule has 1 atom stereocenters. The summed E-state index contributed by atoms with van der Waals surface area (Å²) < 4.78 is 5.40. The van der Waals surface area contributed by atoms with Crippen molar-refractivity contribution in [3.8, 4) is 0 Å². The molecule has 0 aliphatic carbocycles. The summed E-state index contributed by atoms with van der Waals surface area (Å²) in [6.45, 7) is 3.24. The third kappa shape index (κ3) is 2.83. The van der Waals surface area contributed by atoms with Gasteiger partial charge in [0, 0.05) is 12.6 Å². The fourth-order valence-electron chi connectivity index (χ4n) is 2.34. The first kappa shape index (κ1) is 10.7. The van der Waals surface area contributed by atoms with Gasteiger partial charge in [0.05, 0.1) is 12.8 Å². The summed E-state index contributed by atoms with van der Waals surface area (Å²) >= 11 is 0. The maximum atomic E-state index is 5.40. The van der Waals surface area contributed by atoms with E-state index in [1.807, 2.05) is 13.1 Å². The molecule has 1 N–H and O–H groups in total. The van der Waals surface area contributed by atoms with Crippen LogP contribution in [0.1, 0.15) is 25.0 Å². The van der Waals surface area contributed by atoms with Crippen LogP contribution in [0.3, 0.4) is 0 Å². The zero-order valence-electron chi connectivity index (χ0n) is 9.41. The first-order valence-corrected chi connectivity index (χ1v) is 5.81. The summed E-state index contributed by atoms with van der Waals surface area (Å²) in [4.78, 5) is 2.53. The van der Waals surface area contributed by atoms with E-state index in [0.29, 0.717) is 6.04 Å². The van der Waals surface area contributed by atoms with E-state index in [0.717, 1.165) is 18.8 Å². The minimum absolute atomic E-state index is 0.675. The molecule has 2 heterocycles. The van der Waals surface area contributed by atoms with Gasteiger partial charge in [0.2, 0.25) is 0 Å². The lowest BCUT2D eigenvalue weighted by molar-refractivity contribution is 0.129. The van der Waals surface area contributed by atoms with Crippen molar-refractivity contribution in [2.75, 3.05) is 20.1 Å². The predicted octanol–water partition coefficient (Wildman–Crippen LogP) is 1.85. The summed E-state index contributed by atoms with van der Waals surface area (Å²) in [6.07, 6.45) is 5.75. The van der Waals surface area contributed by atoms with Crippen molar-refractivity contribution in [1.29, 1.82) is 0 Å². The van der Waals surface area contributed by atoms with E-state index >= 15 is 0 Å². The summed E-state index contributed by atoms with van der Waals surface area (Å²) in [7, 11) is 2.03. The molecule has 0 radical (unpaired) electrons. The molecule has 15 heavy (non-hydrogen) atoms. The second-order valence-electron chi connectivity index (χ2n) is 4.26. The Morgan fingerprint density at radius 3 is 3.20 bits per heavy atom. The lowest BCUT2D eigenvalue weighted by atomic mass is 10.0. The Morgan fingerprint density at radius 1 is 1.53 bits per heavy atom. The Bertz CT molecular complexity index is 269. The maximum absolute atomic E-state index is 5.40. The van der Waals surface area contributed by atoms with E-state index in [-0.39, 0.29) is 0 Å². The average Bonchev–Trinajstić information content (AvgIpc) is 2.74. The molecule has 1 unspecified atom stereocenters. The van der Waals surface area contributed by atoms with Crippen molar-refractivity contribution in [2.24, 2.45) is 0 Å². The summed E-state index contributed by atoms with van der Waals surface area (Å²) in [5, 5.41) is 3.27. The van der Waals surface area contributed by atoms with Crippen LogP contribution in [0.4, 0.5) is 0 Å². The monoisotopic (exact) mass is 208 g/mol. The van der Waals surface area contributed by atoms with Crippen LogP contribution in [0, 0.1) is 0 Å². The summed E-state index contributed by atoms with van der Waals surface area (Å²) in [5.74, 6) is 1.08. The number of hydrogen-bond acceptors (Lipinski definition) is 3. The minimum Gasteiger partial charge on any atom is -0.468 e. The third-order valence-corrected chi connectivity index (χ3v) is 3.13. The molecule has 1 fully saturated rings. The molecule has 3 heteroatoms. The summed E-state index contributed by atoms with van der Waals surface area (Å²) in [6, 6.07) is 4.70. The number of likely N-dealkylation sites (N-methyl/N-ethyl adjacent to an activating group) is 1. The number of furan rings is 1. The van der Waals surface area contributed by atoms with Crippen molar-refractivity contribution in [1.82, 2.24) is 10.2 Å². The smallest absolute Gasteiger partial charge is 0.117 e. The zero-order chi connectivity index (χ0) is 10.5. The van der Waals surface area contributed by atoms with Crippen LogP contribution >= 0.6 is 0 Å². The van der Waals surface area contributed by atoms with Crippen LogP contribution < -0.4 is 5.32 Å². The van der Waals surface area contributed by atoms with Gasteiger partial charge in [-0.1, -0.05) is 6.42 Å². The van der Waals surface area contributed by atoms with E-state index in [4.69, 9.17) is 4.42 Å². The van der Waals surface area contributed by atoms with Crippen LogP contribution in [-0.2, 0) is 6.54 Å². The SMILES string of the molecule is CNCC1CCCCN1Cc1ccco1. The van der Waals surface area contributed by atoms with Crippen molar-refractivity contribution in [3.63, 3.8) is 0 Å². The van der Waals surface area contributed by atoms with Crippen LogP contribution in [0.25, 0.3) is 0 Å². The van der Waals surface area contributed by atoms with Crippen molar-refractivity contribution in [3.05, 3.63) is 24.2 Å². The Balaban J connectivity index is 1.92. The van der Waals surface area contributed by atoms with E-state index in [2.05, 4.69) is 16.3 Å². The molecule has 0 aromatic carbocycles. The van der Waals surface area contributed by atoms with Crippen molar-refractivity contribution in [2.45, 2.75) is 31.8 Å². The maximum Gasteiger partial charge on any atom is 0.117 e. The van der Waals surface area contributed by atoms with E-state index in [1.165, 1.54) is 25.8 Å². The van der Waals surface area contributed by atoms with Gasteiger partial charge in [-0.25, -0.2) is 0 Å². The highest BCUT2D eigenvalue weighted by Crippen LogP contribution is 2.19. The molecule has 84 valence electrons. The summed E-state index contributed by atoms with van der Waals surface area (Å²) in [5.41, 5.74) is 0. The van der Waals surface area contributed by atoms with Crippen LogP contribution in [0.15, 0.2) is 22.8 Å². The Morgan fingerprint density at radius 2 is 2.47 bits per heavy atom. The number of hydrogen-bond donors (Lipinski definition) is 1. The van der Waals surface area contributed by atoms with Crippen LogP contribution in [0.2, 0.25) is 0 Å². The number of nitrogens with zero attached hydrogens (tertiary/aromatic N) is 1. The molecule has 3 nitrogen and oxygen atoms in total. The fourth-order valence-corrected chi connectivity index (χ4v) is 2.34. The molecule has 1 saturated heterocycles. The average molecular weight is 208 g/mol. The fraction of sp³-hybridized carbons (Fsp3) is 0.667. The Kier molecular flexibility index (Phi) is 3.80. The van der Waals surface area contributed by atoms with E-state index in [1.54, 1.807) is 6.26 Å². The molecule has 0 spiro atoms. The van der Waals surface area contributed by atoms with Crippen LogP contribution in [-0.4, -0.2) is 31.1 Å². The van der Waals surface area contributed by atoms with Gasteiger partial charge in [0.15, 0.2) is 0 Å². The predicted molar refractivity (Wildman–Crippen MR) is 60.7 cm³/mol. The molecule has 2 rings (SSSR count). The molecule has 1 aliphatic rings. The van der Waals surface area contributed by atoms with Gasteiger partial charge < -0.3 is 9.73 Å². The topological polar surface area (TPSA) is 28.4 Å². The third-order valence-electron chi connectivity index (χ3n) is 3.13. The van der Waals surface area contributed by atoms with Gasteiger partial charge in [0.25, 0.3) is 0 Å². The van der Waals surface area contributed by atoms with E-state index < -0.39 is 0 Å². The van der Waals surface area contributed by atoms with Crippen LogP contribution in [0.5, 0.6) is 0 Å². The molecule has 0 amide bonds. The van der Waals surface area contributed by atoms with Gasteiger partial charge in [0.1, 0.15) is 5.76 Å². The highest BCUT2D eigenvalue weighted by Gasteiger charge is 2.22. The normalized spacial score (nSPS) is 23.1. The van der Waals surface area contributed by atoms with Gasteiger partial charge in [-0.15, -0.1) is 0 Å². The quantitative estimate of drug-likeness (QED) is 0.818. The van der Waals surface area contributed by atoms with Gasteiger partial charge >= 0.3 is 0 Å². The van der Waals surface area contributed by atoms with Gasteiger partial charge in [-0.3, -0.25) is 4.90 Å². The second-order valence-corrected chi connectivity index (χ2v) is 4.26. The molecule has 0 bridgehead atoms. The number of likely N-dealkylation sites (tertiary alicyclic amines) is 1. The van der Waals surface area contributed by atoms with Gasteiger partial charge in [-0.05, 0) is 38.6 Å². The molecule has 1 aromatic rings. The van der Waals surface area contributed by atoms with Gasteiger partial charge in [-0.2, -0.15) is 0 Å². The molecule has 1 aromatic heterocycles. The highest BCUT2D eigenvalue weighted by molar-refractivity contribution is 4.98. The molecule has 0 saturated carbocycles. The number of piperidine rings is 1. The Labute approximate surface area is 91.4 Å². The minimum atomic E-state index is 0.675. The number of rotatable bonds is 4. The van der Waals surface area contributed by atoms with Crippen molar-refractivity contribution >= 4 is 0 Å². The highest BCUT2D eigenvalue weighted by atomic mass is 16.3. The largest absolute Gasteiger partial charge is 0.468 e. The standard InChI is InChI=1S/C12H20N2O/c1-13-9-11-5-2-3-7-14(11)10-12-6-4-8-15-12/h4,6,8,11,13H,2-3,5,7,9-10H2,1H3. The second kappa shape index (κ2) is 5.33. The first-order chi connectivity index (χ1) is 7.40. The van der Waals surface area contributed by atoms with Crippen molar-refractivity contribution < 1.29 is 4.42 Å². The lowest BCUT2D eigenvalue weighted by Gasteiger charge is -2.35.